The van der Waals surface area contributed by atoms with Gasteiger partial charge in [0.05, 0.1) is 6.61 Å². The molecular formula is C15H16O5S. The maximum Gasteiger partial charge on any atom is 0.346 e. The molecule has 2 aromatic rings. The summed E-state index contributed by atoms with van der Waals surface area (Å²) in [6.07, 6.45) is 0. The summed E-state index contributed by atoms with van der Waals surface area (Å²) >= 11 is 1.14. The number of hydrogen-bond donors (Lipinski definition) is 1. The normalized spacial score (nSPS) is 10.1. The molecule has 112 valence electrons. The summed E-state index contributed by atoms with van der Waals surface area (Å²) in [4.78, 5) is 11.0. The fourth-order valence-corrected chi connectivity index (χ4v) is 2.29. The third-order valence-electron chi connectivity index (χ3n) is 2.54. The molecule has 0 bridgehead atoms. The first kappa shape index (κ1) is 15.2. The molecule has 0 saturated heterocycles. The highest BCUT2D eigenvalue weighted by molar-refractivity contribution is 7.12. The Bertz CT molecular complexity index is 576. The van der Waals surface area contributed by atoms with E-state index < -0.39 is 5.97 Å². The maximum atomic E-state index is 10.7. The number of ether oxygens (including phenoxy) is 3. The van der Waals surface area contributed by atoms with Crippen LogP contribution in [0.3, 0.4) is 0 Å². The van der Waals surface area contributed by atoms with Crippen LogP contribution in [-0.4, -0.2) is 30.9 Å². The van der Waals surface area contributed by atoms with Gasteiger partial charge >= 0.3 is 5.97 Å². The number of rotatable bonds is 8. The van der Waals surface area contributed by atoms with Gasteiger partial charge in [0.15, 0.2) is 0 Å². The molecule has 1 aromatic carbocycles. The molecule has 0 aliphatic heterocycles. The topological polar surface area (TPSA) is 65.0 Å². The number of hydrogen-bond acceptors (Lipinski definition) is 5. The molecule has 1 heterocycles. The summed E-state index contributed by atoms with van der Waals surface area (Å²) in [6, 6.07) is 8.86. The number of carboxylic acids is 1. The van der Waals surface area contributed by atoms with Crippen LogP contribution in [0.4, 0.5) is 0 Å². The predicted molar refractivity (Wildman–Crippen MR) is 79.9 cm³/mol. The van der Waals surface area contributed by atoms with E-state index in [1.54, 1.807) is 5.38 Å². The van der Waals surface area contributed by atoms with Crippen molar-refractivity contribution < 1.29 is 24.1 Å². The SMILES string of the molecule is CCOc1ccc(OCCOc2csc(C(=O)O)c2)cc1. The van der Waals surface area contributed by atoms with Gasteiger partial charge in [-0.3, -0.25) is 0 Å². The Morgan fingerprint density at radius 1 is 1.05 bits per heavy atom. The van der Waals surface area contributed by atoms with Crippen LogP contribution < -0.4 is 14.2 Å². The minimum absolute atomic E-state index is 0.262. The minimum atomic E-state index is -0.944. The Kier molecular flexibility index (Phi) is 5.45. The van der Waals surface area contributed by atoms with Crippen LogP contribution in [0, 0.1) is 0 Å². The van der Waals surface area contributed by atoms with Crippen LogP contribution in [0.5, 0.6) is 17.2 Å². The summed E-state index contributed by atoms with van der Waals surface area (Å²) in [7, 11) is 0. The molecule has 0 atom stereocenters. The van der Waals surface area contributed by atoms with Crippen molar-refractivity contribution in [1.29, 1.82) is 0 Å². The quantitative estimate of drug-likeness (QED) is 0.758. The Labute approximate surface area is 126 Å². The van der Waals surface area contributed by atoms with E-state index in [-0.39, 0.29) is 4.88 Å². The fourth-order valence-electron chi connectivity index (χ4n) is 1.62. The van der Waals surface area contributed by atoms with Crippen molar-refractivity contribution in [2.45, 2.75) is 6.92 Å². The number of carboxylic acid groups (broad SMARTS) is 1. The van der Waals surface area contributed by atoms with Gasteiger partial charge in [-0.1, -0.05) is 0 Å². The lowest BCUT2D eigenvalue weighted by molar-refractivity contribution is 0.0702. The summed E-state index contributed by atoms with van der Waals surface area (Å²) in [5.74, 6) is 1.15. The van der Waals surface area contributed by atoms with Gasteiger partial charge in [-0.25, -0.2) is 4.79 Å². The van der Waals surface area contributed by atoms with Crippen LogP contribution in [-0.2, 0) is 0 Å². The third-order valence-corrected chi connectivity index (χ3v) is 3.44. The molecule has 1 N–H and O–H groups in total. The maximum absolute atomic E-state index is 10.7. The zero-order valence-corrected chi connectivity index (χ0v) is 12.4. The number of carbonyl (C=O) groups is 1. The van der Waals surface area contributed by atoms with Crippen LogP contribution in [0.2, 0.25) is 0 Å². The third kappa shape index (κ3) is 4.68. The van der Waals surface area contributed by atoms with Crippen molar-refractivity contribution in [2.75, 3.05) is 19.8 Å². The predicted octanol–water partition coefficient (Wildman–Crippen LogP) is 3.30. The fraction of sp³-hybridized carbons (Fsp3) is 0.267. The lowest BCUT2D eigenvalue weighted by Crippen LogP contribution is -2.08. The second-order valence-electron chi connectivity index (χ2n) is 4.05. The highest BCUT2D eigenvalue weighted by Gasteiger charge is 2.07. The average molecular weight is 308 g/mol. The van der Waals surface area contributed by atoms with E-state index in [2.05, 4.69) is 0 Å². The minimum Gasteiger partial charge on any atom is -0.494 e. The number of aromatic carboxylic acids is 1. The van der Waals surface area contributed by atoms with Gasteiger partial charge in [0.25, 0.3) is 0 Å². The average Bonchev–Trinajstić information content (AvgIpc) is 2.95. The first-order valence-electron chi connectivity index (χ1n) is 6.49. The van der Waals surface area contributed by atoms with Crippen molar-refractivity contribution >= 4 is 17.3 Å². The molecular weight excluding hydrogens is 292 g/mol. The molecule has 21 heavy (non-hydrogen) atoms. The molecule has 5 nitrogen and oxygen atoms in total. The number of thiophene rings is 1. The monoisotopic (exact) mass is 308 g/mol. The highest BCUT2D eigenvalue weighted by Crippen LogP contribution is 2.21. The van der Waals surface area contributed by atoms with Gasteiger partial charge in [0, 0.05) is 11.4 Å². The lowest BCUT2D eigenvalue weighted by Gasteiger charge is -2.08. The van der Waals surface area contributed by atoms with E-state index in [1.807, 2.05) is 31.2 Å². The first-order valence-corrected chi connectivity index (χ1v) is 7.37. The van der Waals surface area contributed by atoms with Crippen molar-refractivity contribution in [2.24, 2.45) is 0 Å². The van der Waals surface area contributed by atoms with Crippen molar-refractivity contribution in [3.8, 4) is 17.2 Å². The van der Waals surface area contributed by atoms with Crippen molar-refractivity contribution in [3.05, 3.63) is 40.6 Å². The Morgan fingerprint density at radius 3 is 2.14 bits per heavy atom. The summed E-state index contributed by atoms with van der Waals surface area (Å²) in [6.45, 7) is 3.30. The van der Waals surface area contributed by atoms with Gasteiger partial charge in [0.1, 0.15) is 35.3 Å². The molecule has 0 saturated carbocycles. The van der Waals surface area contributed by atoms with Gasteiger partial charge in [0.2, 0.25) is 0 Å². The zero-order valence-electron chi connectivity index (χ0n) is 11.6. The van der Waals surface area contributed by atoms with Gasteiger partial charge in [-0.15, -0.1) is 11.3 Å². The van der Waals surface area contributed by atoms with Gasteiger partial charge in [-0.2, -0.15) is 0 Å². The van der Waals surface area contributed by atoms with Crippen LogP contribution in [0.25, 0.3) is 0 Å². The molecule has 0 amide bonds. The molecule has 0 unspecified atom stereocenters. The molecule has 0 aliphatic rings. The molecule has 0 radical (unpaired) electrons. The van der Waals surface area contributed by atoms with E-state index in [4.69, 9.17) is 19.3 Å². The van der Waals surface area contributed by atoms with Crippen molar-refractivity contribution in [3.63, 3.8) is 0 Å². The standard InChI is InChI=1S/C15H16O5S/c1-2-18-11-3-5-12(6-4-11)19-7-8-20-13-9-14(15(16)17)21-10-13/h3-6,9-10H,2,7-8H2,1H3,(H,16,17). The second-order valence-corrected chi connectivity index (χ2v) is 4.96. The second kappa shape index (κ2) is 7.54. The zero-order chi connectivity index (χ0) is 15.1. The van der Waals surface area contributed by atoms with E-state index in [0.29, 0.717) is 25.6 Å². The first-order chi connectivity index (χ1) is 10.2. The van der Waals surface area contributed by atoms with Crippen molar-refractivity contribution in [1.82, 2.24) is 0 Å². The number of benzene rings is 1. The van der Waals surface area contributed by atoms with E-state index >= 15 is 0 Å². The van der Waals surface area contributed by atoms with Gasteiger partial charge in [-0.05, 0) is 31.2 Å². The molecule has 0 spiro atoms. The smallest absolute Gasteiger partial charge is 0.346 e. The Hall–Kier alpha value is -2.21. The van der Waals surface area contributed by atoms with Crippen LogP contribution in [0.15, 0.2) is 35.7 Å². The molecule has 2 rings (SSSR count). The van der Waals surface area contributed by atoms with Gasteiger partial charge < -0.3 is 19.3 Å². The van der Waals surface area contributed by atoms with E-state index in [1.165, 1.54) is 6.07 Å². The van der Waals surface area contributed by atoms with E-state index in [0.717, 1.165) is 22.8 Å². The van der Waals surface area contributed by atoms with Crippen LogP contribution in [0.1, 0.15) is 16.6 Å². The molecule has 0 fully saturated rings. The summed E-state index contributed by atoms with van der Waals surface area (Å²) in [5, 5.41) is 10.5. The molecule has 6 heteroatoms. The highest BCUT2D eigenvalue weighted by atomic mass is 32.1. The van der Waals surface area contributed by atoms with Crippen LogP contribution >= 0.6 is 11.3 Å². The summed E-state index contributed by atoms with van der Waals surface area (Å²) < 4.78 is 16.3. The van der Waals surface area contributed by atoms with E-state index in [9.17, 15) is 4.79 Å². The lowest BCUT2D eigenvalue weighted by atomic mass is 10.3. The Balaban J connectivity index is 1.72. The largest absolute Gasteiger partial charge is 0.494 e. The molecule has 0 aliphatic carbocycles. The summed E-state index contributed by atoms with van der Waals surface area (Å²) in [5.41, 5.74) is 0. The Morgan fingerprint density at radius 2 is 1.62 bits per heavy atom. The molecule has 1 aromatic heterocycles.